The Kier molecular flexibility index (Phi) is 4.94. The highest BCUT2D eigenvalue weighted by molar-refractivity contribution is 5.99. The Morgan fingerprint density at radius 2 is 2.03 bits per heavy atom. The van der Waals surface area contributed by atoms with E-state index < -0.39 is 17.6 Å². The molecular formula is C21H22N4O4. The van der Waals surface area contributed by atoms with Crippen molar-refractivity contribution in [3.8, 4) is 0 Å². The maximum absolute atomic E-state index is 12.9. The van der Waals surface area contributed by atoms with E-state index in [0.29, 0.717) is 12.8 Å². The summed E-state index contributed by atoms with van der Waals surface area (Å²) in [6.45, 7) is 0.223. The van der Waals surface area contributed by atoms with Crippen molar-refractivity contribution >= 4 is 22.7 Å². The average molecular weight is 394 g/mol. The largest absolute Gasteiger partial charge is 0.393 e. The summed E-state index contributed by atoms with van der Waals surface area (Å²) < 4.78 is 1.39. The zero-order valence-corrected chi connectivity index (χ0v) is 15.9. The summed E-state index contributed by atoms with van der Waals surface area (Å²) in [4.78, 5) is 40.9. The highest BCUT2D eigenvalue weighted by Gasteiger charge is 2.29. The number of aliphatic hydroxyl groups excluding tert-OH is 1. The topological polar surface area (TPSA) is 116 Å². The van der Waals surface area contributed by atoms with E-state index in [1.165, 1.54) is 23.9 Å². The number of aliphatic hydroxyl groups is 1. The van der Waals surface area contributed by atoms with E-state index in [4.69, 9.17) is 0 Å². The average Bonchev–Trinajstić information content (AvgIpc) is 3.17. The Hall–Kier alpha value is -3.39. The van der Waals surface area contributed by atoms with Gasteiger partial charge in [0.1, 0.15) is 5.56 Å². The molecule has 0 saturated heterocycles. The molecule has 150 valence electrons. The summed E-state index contributed by atoms with van der Waals surface area (Å²) in [5.41, 5.74) is 1.52. The van der Waals surface area contributed by atoms with E-state index in [0.717, 1.165) is 16.5 Å². The van der Waals surface area contributed by atoms with Gasteiger partial charge in [0.2, 0.25) is 0 Å². The maximum Gasteiger partial charge on any atom is 0.263 e. The molecule has 0 atom stereocenters. The molecule has 4 rings (SSSR count). The Morgan fingerprint density at radius 1 is 1.24 bits per heavy atom. The normalized spacial score (nSPS) is 18.3. The number of aromatic amines is 1. The fraction of sp³-hybridized carbons (Fsp3) is 0.286. The van der Waals surface area contributed by atoms with Crippen LogP contribution in [0.4, 0.5) is 0 Å². The zero-order valence-electron chi connectivity index (χ0n) is 15.9. The molecule has 8 nitrogen and oxygen atoms in total. The summed E-state index contributed by atoms with van der Waals surface area (Å²) in [6, 6.07) is 8.87. The van der Waals surface area contributed by atoms with Gasteiger partial charge in [-0.2, -0.15) is 0 Å². The van der Waals surface area contributed by atoms with Crippen LogP contribution in [0.1, 0.15) is 39.1 Å². The van der Waals surface area contributed by atoms with Crippen LogP contribution < -0.4 is 16.2 Å². The van der Waals surface area contributed by atoms with E-state index in [9.17, 15) is 19.5 Å². The molecule has 0 spiro atoms. The van der Waals surface area contributed by atoms with Crippen LogP contribution in [0, 0.1) is 0 Å². The number of fused-ring (bicyclic) bond motifs is 1. The number of nitrogens with zero attached hydrogens (tertiary/aromatic N) is 1. The lowest BCUT2D eigenvalue weighted by atomic mass is 9.89. The van der Waals surface area contributed by atoms with Crippen LogP contribution in [0.25, 0.3) is 10.9 Å². The zero-order chi connectivity index (χ0) is 20.5. The molecule has 8 heteroatoms. The summed E-state index contributed by atoms with van der Waals surface area (Å²) in [5.74, 6) is -0.919. The van der Waals surface area contributed by atoms with E-state index in [1.54, 1.807) is 0 Å². The molecule has 2 amide bonds. The van der Waals surface area contributed by atoms with Crippen molar-refractivity contribution in [1.82, 2.24) is 20.2 Å². The highest BCUT2D eigenvalue weighted by atomic mass is 16.3. The van der Waals surface area contributed by atoms with E-state index in [2.05, 4.69) is 15.6 Å². The van der Waals surface area contributed by atoms with Gasteiger partial charge in [0, 0.05) is 36.4 Å². The number of amides is 2. The summed E-state index contributed by atoms with van der Waals surface area (Å²) in [5, 5.41) is 15.7. The molecule has 0 radical (unpaired) electrons. The van der Waals surface area contributed by atoms with Gasteiger partial charge in [-0.05, 0) is 36.6 Å². The molecule has 0 aliphatic heterocycles. The van der Waals surface area contributed by atoms with Gasteiger partial charge in [-0.3, -0.25) is 14.4 Å². The van der Waals surface area contributed by atoms with Crippen LogP contribution in [0.3, 0.4) is 0 Å². The van der Waals surface area contributed by atoms with Crippen molar-refractivity contribution < 1.29 is 14.7 Å². The van der Waals surface area contributed by atoms with Crippen molar-refractivity contribution in [2.45, 2.75) is 31.5 Å². The van der Waals surface area contributed by atoms with Crippen molar-refractivity contribution in [1.29, 1.82) is 0 Å². The maximum atomic E-state index is 12.9. The number of carbonyl (C=O) groups is 2. The molecule has 1 saturated carbocycles. The van der Waals surface area contributed by atoms with E-state index in [1.807, 2.05) is 30.5 Å². The number of H-pyrrole nitrogens is 1. The van der Waals surface area contributed by atoms with Gasteiger partial charge in [0.25, 0.3) is 17.4 Å². The molecule has 0 unspecified atom stereocenters. The minimum absolute atomic E-state index is 0.0879. The SMILES string of the molecule is CNC(=O)c1cc(C(=O)NC2CC(O)C2)cn(Cc2cccc3[nH]ccc23)c1=O. The number of rotatable bonds is 5. The second-order valence-electron chi connectivity index (χ2n) is 7.31. The number of hydrogen-bond acceptors (Lipinski definition) is 4. The van der Waals surface area contributed by atoms with Crippen LogP contribution in [0.15, 0.2) is 47.5 Å². The molecule has 2 aromatic heterocycles. The third kappa shape index (κ3) is 3.66. The Balaban J connectivity index is 1.72. The minimum Gasteiger partial charge on any atom is -0.393 e. The van der Waals surface area contributed by atoms with Gasteiger partial charge in [-0.15, -0.1) is 0 Å². The smallest absolute Gasteiger partial charge is 0.263 e. The van der Waals surface area contributed by atoms with Gasteiger partial charge >= 0.3 is 0 Å². The second-order valence-corrected chi connectivity index (χ2v) is 7.31. The van der Waals surface area contributed by atoms with Gasteiger partial charge in [0.15, 0.2) is 0 Å². The number of carbonyl (C=O) groups excluding carboxylic acids is 2. The van der Waals surface area contributed by atoms with Gasteiger partial charge in [-0.1, -0.05) is 12.1 Å². The van der Waals surface area contributed by atoms with Crippen molar-refractivity contribution in [3.63, 3.8) is 0 Å². The predicted octanol–water partition coefficient (Wildman–Crippen LogP) is 0.991. The van der Waals surface area contributed by atoms with Crippen LogP contribution in [-0.4, -0.2) is 45.7 Å². The second kappa shape index (κ2) is 7.56. The quantitative estimate of drug-likeness (QED) is 0.516. The summed E-state index contributed by atoms with van der Waals surface area (Å²) in [6.07, 6.45) is 3.92. The lowest BCUT2D eigenvalue weighted by molar-refractivity contribution is 0.0562. The fourth-order valence-electron chi connectivity index (χ4n) is 3.62. The van der Waals surface area contributed by atoms with Gasteiger partial charge in [-0.25, -0.2) is 0 Å². The van der Waals surface area contributed by atoms with Crippen LogP contribution in [0.2, 0.25) is 0 Å². The number of hydrogen-bond donors (Lipinski definition) is 4. The molecular weight excluding hydrogens is 372 g/mol. The lowest BCUT2D eigenvalue weighted by Crippen LogP contribution is -2.47. The van der Waals surface area contributed by atoms with Crippen molar-refractivity contribution in [3.05, 3.63) is 69.8 Å². The summed E-state index contributed by atoms with van der Waals surface area (Å²) in [7, 11) is 1.44. The van der Waals surface area contributed by atoms with Crippen LogP contribution in [0.5, 0.6) is 0 Å². The monoisotopic (exact) mass is 394 g/mol. The number of pyridine rings is 1. The number of nitrogens with one attached hydrogen (secondary N) is 3. The third-order valence-corrected chi connectivity index (χ3v) is 5.29. The van der Waals surface area contributed by atoms with Crippen LogP contribution in [-0.2, 0) is 6.54 Å². The Bertz CT molecular complexity index is 1140. The molecule has 3 aromatic rings. The molecule has 0 bridgehead atoms. The van der Waals surface area contributed by atoms with Crippen molar-refractivity contribution in [2.75, 3.05) is 7.05 Å². The van der Waals surface area contributed by atoms with Crippen LogP contribution >= 0.6 is 0 Å². The summed E-state index contributed by atoms with van der Waals surface area (Å²) >= 11 is 0. The van der Waals surface area contributed by atoms with Gasteiger partial charge in [0.05, 0.1) is 18.2 Å². The minimum atomic E-state index is -0.544. The number of aromatic nitrogens is 2. The first-order valence-electron chi connectivity index (χ1n) is 9.46. The molecule has 1 aromatic carbocycles. The highest BCUT2D eigenvalue weighted by Crippen LogP contribution is 2.20. The Morgan fingerprint density at radius 3 is 2.76 bits per heavy atom. The van der Waals surface area contributed by atoms with Gasteiger partial charge < -0.3 is 25.3 Å². The first kappa shape index (κ1) is 18.9. The lowest BCUT2D eigenvalue weighted by Gasteiger charge is -2.32. The standard InChI is InChI=1S/C21H22N4O4/c1-22-20(28)17-7-13(19(27)24-14-8-15(26)9-14)11-25(21(17)29)10-12-3-2-4-18-16(12)5-6-23-18/h2-7,11,14-15,23,26H,8-10H2,1H3,(H,22,28)(H,24,27). The molecule has 1 fully saturated rings. The van der Waals surface area contributed by atoms with E-state index >= 15 is 0 Å². The van der Waals surface area contributed by atoms with Crippen molar-refractivity contribution in [2.24, 2.45) is 0 Å². The molecule has 1 aliphatic rings. The number of benzene rings is 1. The molecule has 29 heavy (non-hydrogen) atoms. The van der Waals surface area contributed by atoms with E-state index in [-0.39, 0.29) is 29.6 Å². The molecule has 4 N–H and O–H groups in total. The molecule has 1 aliphatic carbocycles. The Labute approximate surface area is 166 Å². The first-order valence-corrected chi connectivity index (χ1v) is 9.46. The molecule has 2 heterocycles. The first-order chi connectivity index (χ1) is 14.0. The third-order valence-electron chi connectivity index (χ3n) is 5.29. The predicted molar refractivity (Wildman–Crippen MR) is 108 cm³/mol. The fourth-order valence-corrected chi connectivity index (χ4v) is 3.62.